The molecule has 0 fully saturated rings. The zero-order chi connectivity index (χ0) is 35.4. The van der Waals surface area contributed by atoms with Crippen LogP contribution in [0.4, 0.5) is 5.69 Å². The summed E-state index contributed by atoms with van der Waals surface area (Å²) in [5.74, 6) is -2.41. The summed E-state index contributed by atoms with van der Waals surface area (Å²) in [5.41, 5.74) is 23.9. The summed E-state index contributed by atoms with van der Waals surface area (Å²) in [7, 11) is -4.00. The number of nitrogens with two attached hydrogens (primary N) is 4. The van der Waals surface area contributed by atoms with Gasteiger partial charge < -0.3 is 33.6 Å². The van der Waals surface area contributed by atoms with Gasteiger partial charge in [0.25, 0.3) is 0 Å². The second-order valence-corrected chi connectivity index (χ2v) is 13.7. The summed E-state index contributed by atoms with van der Waals surface area (Å²) in [5, 5.41) is 5.40. The number of amides is 2. The highest BCUT2D eigenvalue weighted by molar-refractivity contribution is 7.88. The summed E-state index contributed by atoms with van der Waals surface area (Å²) in [4.78, 5) is 52.3. The molecular formula is C32H38N10O5S2. The van der Waals surface area contributed by atoms with E-state index in [4.69, 9.17) is 22.9 Å². The van der Waals surface area contributed by atoms with Gasteiger partial charge in [-0.3, -0.25) is 19.4 Å². The van der Waals surface area contributed by atoms with Crippen LogP contribution < -0.4 is 38.3 Å². The molecule has 0 bridgehead atoms. The van der Waals surface area contributed by atoms with E-state index >= 15 is 0 Å². The smallest absolute Gasteiger partial charge is 0.239 e. The molecule has 0 radical (unpaired) electrons. The number of benzene rings is 3. The molecule has 1 aromatic heterocycles. The summed E-state index contributed by atoms with van der Waals surface area (Å²) < 4.78 is 29.5. The summed E-state index contributed by atoms with van der Waals surface area (Å²) in [6, 6.07) is 20.0. The van der Waals surface area contributed by atoms with Crippen molar-refractivity contribution < 1.29 is 22.8 Å². The monoisotopic (exact) mass is 706 g/mol. The molecule has 258 valence electrons. The zero-order valence-electron chi connectivity index (χ0n) is 26.4. The maximum atomic E-state index is 13.5. The van der Waals surface area contributed by atoms with E-state index in [-0.39, 0.29) is 42.1 Å². The van der Waals surface area contributed by atoms with Gasteiger partial charge in [-0.05, 0) is 54.7 Å². The van der Waals surface area contributed by atoms with Crippen molar-refractivity contribution in [3.8, 4) is 0 Å². The van der Waals surface area contributed by atoms with Crippen LogP contribution in [0.2, 0.25) is 0 Å². The van der Waals surface area contributed by atoms with Crippen LogP contribution in [-0.4, -0.2) is 68.1 Å². The Morgan fingerprint density at radius 3 is 2.20 bits per heavy atom. The van der Waals surface area contributed by atoms with Gasteiger partial charge in [-0.1, -0.05) is 54.6 Å². The van der Waals surface area contributed by atoms with Gasteiger partial charge in [0.05, 0.1) is 34.2 Å². The maximum absolute atomic E-state index is 13.5. The van der Waals surface area contributed by atoms with E-state index in [1.165, 1.54) is 11.3 Å². The quantitative estimate of drug-likeness (QED) is 0.0351. The molecule has 17 heteroatoms. The van der Waals surface area contributed by atoms with Crippen LogP contribution in [0.1, 0.15) is 33.8 Å². The second kappa shape index (κ2) is 17.1. The predicted molar refractivity (Wildman–Crippen MR) is 190 cm³/mol. The summed E-state index contributed by atoms with van der Waals surface area (Å²) in [6.07, 6.45) is 0.523. The predicted octanol–water partition coefficient (Wildman–Crippen LogP) is 0.769. The summed E-state index contributed by atoms with van der Waals surface area (Å²) >= 11 is 1.20. The maximum Gasteiger partial charge on any atom is 0.239 e. The van der Waals surface area contributed by atoms with Gasteiger partial charge in [0.15, 0.2) is 16.9 Å². The first-order chi connectivity index (χ1) is 23.4. The number of guanidine groups is 2. The number of aromatic nitrogens is 1. The van der Waals surface area contributed by atoms with Crippen molar-refractivity contribution in [3.05, 3.63) is 95.0 Å². The van der Waals surface area contributed by atoms with Crippen molar-refractivity contribution in [2.45, 2.75) is 37.1 Å². The molecule has 0 aliphatic carbocycles. The third-order valence-electron chi connectivity index (χ3n) is 7.00. The Bertz CT molecular complexity index is 1890. The minimum absolute atomic E-state index is 0.0485. The number of hydrogen-bond donors (Lipinski definition) is 7. The lowest BCUT2D eigenvalue weighted by Gasteiger charge is -2.20. The molecule has 0 aliphatic rings. The number of fused-ring (bicyclic) bond motifs is 1. The zero-order valence-corrected chi connectivity index (χ0v) is 28.0. The number of nitrogens with zero attached hydrogens (tertiary/aromatic N) is 3. The van der Waals surface area contributed by atoms with Crippen LogP contribution in [0.15, 0.2) is 88.8 Å². The largest absolute Gasteiger partial charge is 0.370 e. The number of thiazole rings is 1. The number of Topliss-reactive ketones (excluding diaryl/α,β-unsaturated/α-hetero) is 1. The van der Waals surface area contributed by atoms with E-state index in [0.717, 1.165) is 4.70 Å². The van der Waals surface area contributed by atoms with Gasteiger partial charge in [0.1, 0.15) is 6.04 Å². The van der Waals surface area contributed by atoms with Gasteiger partial charge >= 0.3 is 0 Å². The summed E-state index contributed by atoms with van der Waals surface area (Å²) in [6.45, 7) is -0.299. The molecule has 4 aromatic rings. The number of sulfonamides is 1. The molecule has 11 N–H and O–H groups in total. The minimum atomic E-state index is -4.00. The topological polar surface area (TPSA) is 263 Å². The van der Waals surface area contributed by atoms with Crippen molar-refractivity contribution in [1.82, 2.24) is 20.3 Å². The number of nitrogens with one attached hydrogen (secondary N) is 3. The molecule has 49 heavy (non-hydrogen) atoms. The minimum Gasteiger partial charge on any atom is -0.370 e. The van der Waals surface area contributed by atoms with Crippen molar-refractivity contribution in [2.24, 2.45) is 32.9 Å². The Hall–Kier alpha value is -5.39. The van der Waals surface area contributed by atoms with Gasteiger partial charge in [-0.2, -0.15) is 0 Å². The molecule has 0 aliphatic heterocycles. The molecule has 0 spiro atoms. The fourth-order valence-corrected chi connectivity index (χ4v) is 7.06. The average molecular weight is 707 g/mol. The van der Waals surface area contributed by atoms with Crippen molar-refractivity contribution >= 4 is 66.8 Å². The first-order valence-corrected chi connectivity index (χ1v) is 17.6. The normalized spacial score (nSPS) is 12.4. The third-order valence-corrected chi connectivity index (χ3v) is 9.40. The average Bonchev–Trinajstić information content (AvgIpc) is 3.49. The third kappa shape index (κ3) is 11.7. The first kappa shape index (κ1) is 36.4. The Balaban J connectivity index is 1.46. The van der Waals surface area contributed by atoms with Crippen molar-refractivity contribution in [2.75, 3.05) is 13.1 Å². The van der Waals surface area contributed by atoms with Crippen LogP contribution in [0.3, 0.4) is 0 Å². The molecule has 15 nitrogen and oxygen atoms in total. The standard InChI is InChI=1S/C32H38N10O5S2/c33-31(34)37-16-6-10-24(28(44)30-41-23-9-4-5-11-26(23)48-30)40-27(43)18-38-29(45)25(17-20-12-14-22(15-13-20)39-32(35)36)42-49(46,47)19-21-7-2-1-3-8-21/h1-5,7-9,11-15,24-25,42H,6,10,16-19H2,(H,38,45)(H,40,43)(H4,33,34,37)(H4,35,36,39)/t24-,25+/m0/s1. The van der Waals surface area contributed by atoms with Crippen LogP contribution in [-0.2, 0) is 31.8 Å². The Morgan fingerprint density at radius 2 is 1.53 bits per heavy atom. The number of carbonyl (C=O) groups excluding carboxylic acids is 3. The Labute approximate surface area is 287 Å². The molecular weight excluding hydrogens is 669 g/mol. The molecule has 0 saturated heterocycles. The molecule has 2 atom stereocenters. The molecule has 0 unspecified atom stereocenters. The number of hydrogen-bond acceptors (Lipinski definition) is 9. The van der Waals surface area contributed by atoms with Gasteiger partial charge in [-0.25, -0.2) is 23.1 Å². The second-order valence-electron chi connectivity index (χ2n) is 11.0. The highest BCUT2D eigenvalue weighted by atomic mass is 32.2. The van der Waals surface area contributed by atoms with E-state index in [1.54, 1.807) is 60.7 Å². The Morgan fingerprint density at radius 1 is 0.837 bits per heavy atom. The molecule has 4 rings (SSSR count). The first-order valence-electron chi connectivity index (χ1n) is 15.1. The van der Waals surface area contributed by atoms with E-state index in [9.17, 15) is 22.8 Å². The van der Waals surface area contributed by atoms with Crippen LogP contribution >= 0.6 is 11.3 Å². The number of aliphatic imine (C=N–C) groups is 2. The fraction of sp³-hybridized carbons (Fsp3) is 0.250. The highest BCUT2D eigenvalue weighted by Gasteiger charge is 2.28. The van der Waals surface area contributed by atoms with Crippen molar-refractivity contribution in [1.29, 1.82) is 0 Å². The van der Waals surface area contributed by atoms with E-state index in [1.807, 2.05) is 18.2 Å². The SMILES string of the molecule is NC(N)=NCCC[C@H](NC(=O)CNC(=O)[C@@H](Cc1ccc(N=C(N)N)cc1)NS(=O)(=O)Cc1ccccc1)C(=O)c1nc2ccccc2s1. The number of ketones is 1. The number of para-hydroxylation sites is 1. The lowest BCUT2D eigenvalue weighted by molar-refractivity contribution is -0.127. The Kier molecular flexibility index (Phi) is 12.7. The van der Waals surface area contributed by atoms with Gasteiger partial charge in [0.2, 0.25) is 27.6 Å². The lowest BCUT2D eigenvalue weighted by atomic mass is 10.1. The number of rotatable bonds is 17. The molecule has 2 amide bonds. The molecule has 0 saturated carbocycles. The van der Waals surface area contributed by atoms with Gasteiger partial charge in [0, 0.05) is 6.54 Å². The molecule has 3 aromatic carbocycles. The van der Waals surface area contributed by atoms with Crippen molar-refractivity contribution in [3.63, 3.8) is 0 Å². The molecule has 1 heterocycles. The van der Waals surface area contributed by atoms with E-state index in [0.29, 0.717) is 28.8 Å². The fourth-order valence-electron chi connectivity index (χ4n) is 4.77. The van der Waals surface area contributed by atoms with E-state index in [2.05, 4.69) is 30.3 Å². The van der Waals surface area contributed by atoms with Crippen LogP contribution in [0.5, 0.6) is 0 Å². The lowest BCUT2D eigenvalue weighted by Crippen LogP contribution is -2.51. The van der Waals surface area contributed by atoms with E-state index < -0.39 is 46.2 Å². The van der Waals surface area contributed by atoms with Crippen LogP contribution in [0.25, 0.3) is 10.2 Å². The number of carbonyl (C=O) groups is 3. The highest BCUT2D eigenvalue weighted by Crippen LogP contribution is 2.23. The van der Waals surface area contributed by atoms with Crippen LogP contribution in [0, 0.1) is 0 Å². The van der Waals surface area contributed by atoms with Gasteiger partial charge in [-0.15, -0.1) is 11.3 Å².